The quantitative estimate of drug-likeness (QED) is 0.583. The summed E-state index contributed by atoms with van der Waals surface area (Å²) < 4.78 is 5.57. The molecule has 2 amide bonds. The summed E-state index contributed by atoms with van der Waals surface area (Å²) in [4.78, 5) is 39.1. The number of esters is 1. The fraction of sp³-hybridized carbons (Fsp3) is 0.160. The van der Waals surface area contributed by atoms with Crippen LogP contribution in [0.2, 0.25) is 5.02 Å². The molecule has 0 saturated heterocycles. The topological polar surface area (TPSA) is 75.7 Å². The summed E-state index contributed by atoms with van der Waals surface area (Å²) in [7, 11) is 1.55. The highest BCUT2D eigenvalue weighted by Gasteiger charge is 2.28. The summed E-state index contributed by atoms with van der Waals surface area (Å²) in [6.45, 7) is -0.143. The zero-order chi connectivity index (χ0) is 22.7. The number of rotatable bonds is 5. The van der Waals surface area contributed by atoms with Crippen LogP contribution < -0.4 is 5.32 Å². The normalized spacial score (nSPS) is 14.8. The van der Waals surface area contributed by atoms with Gasteiger partial charge in [0, 0.05) is 19.0 Å². The third-order valence-electron chi connectivity index (χ3n) is 5.27. The second-order valence-corrected chi connectivity index (χ2v) is 7.98. The summed E-state index contributed by atoms with van der Waals surface area (Å²) in [6.07, 6.45) is 0.0730. The van der Waals surface area contributed by atoms with Gasteiger partial charge in [-0.1, -0.05) is 54.1 Å². The Kier molecular flexibility index (Phi) is 6.23. The molecule has 3 aromatic rings. The van der Waals surface area contributed by atoms with Gasteiger partial charge in [0.2, 0.25) is 5.91 Å². The van der Waals surface area contributed by atoms with Crippen LogP contribution >= 0.6 is 11.6 Å². The van der Waals surface area contributed by atoms with Crippen molar-refractivity contribution in [2.45, 2.75) is 12.5 Å². The van der Waals surface area contributed by atoms with E-state index in [0.717, 1.165) is 11.1 Å². The summed E-state index contributed by atoms with van der Waals surface area (Å²) in [5, 5.41) is 3.12. The van der Waals surface area contributed by atoms with Gasteiger partial charge in [-0.2, -0.15) is 0 Å². The molecule has 0 spiro atoms. The van der Waals surface area contributed by atoms with E-state index in [-0.39, 0.29) is 18.4 Å². The minimum absolute atomic E-state index is 0.143. The highest BCUT2D eigenvalue weighted by molar-refractivity contribution is 6.33. The lowest BCUT2D eigenvalue weighted by Gasteiger charge is -2.26. The van der Waals surface area contributed by atoms with Gasteiger partial charge in [0.1, 0.15) is 6.10 Å². The van der Waals surface area contributed by atoms with Crippen LogP contribution in [-0.4, -0.2) is 36.3 Å². The number of para-hydroxylation sites is 1. The molecule has 162 valence electrons. The minimum atomic E-state index is -0.411. The van der Waals surface area contributed by atoms with E-state index >= 15 is 0 Å². The van der Waals surface area contributed by atoms with Crippen molar-refractivity contribution in [3.8, 4) is 0 Å². The molecule has 6 nitrogen and oxygen atoms in total. The third-order valence-corrected chi connectivity index (χ3v) is 5.60. The van der Waals surface area contributed by atoms with Crippen LogP contribution in [0.1, 0.15) is 37.9 Å². The lowest BCUT2D eigenvalue weighted by atomic mass is 9.93. The Labute approximate surface area is 190 Å². The van der Waals surface area contributed by atoms with Gasteiger partial charge >= 0.3 is 5.97 Å². The molecular weight excluding hydrogens is 428 g/mol. The number of amides is 2. The number of likely N-dealkylation sites (N-methyl/N-ethyl adjacent to an activating group) is 1. The monoisotopic (exact) mass is 448 g/mol. The van der Waals surface area contributed by atoms with Crippen LogP contribution in [0.3, 0.4) is 0 Å². The number of ether oxygens (including phenoxy) is 1. The number of fused-ring (bicyclic) bond motifs is 1. The van der Waals surface area contributed by atoms with E-state index in [4.69, 9.17) is 16.3 Å². The molecule has 0 fully saturated rings. The molecule has 1 atom stereocenters. The molecule has 1 unspecified atom stereocenters. The van der Waals surface area contributed by atoms with Crippen LogP contribution in [0, 0.1) is 0 Å². The molecule has 1 aliphatic rings. The van der Waals surface area contributed by atoms with Crippen molar-refractivity contribution >= 4 is 35.1 Å². The molecule has 1 N–H and O–H groups in total. The number of nitrogens with one attached hydrogen (secondary N) is 1. The van der Waals surface area contributed by atoms with E-state index < -0.39 is 12.1 Å². The number of hydrogen-bond donors (Lipinski definition) is 1. The number of benzene rings is 3. The first-order valence-electron chi connectivity index (χ1n) is 10.1. The predicted octanol–water partition coefficient (Wildman–Crippen LogP) is 4.50. The van der Waals surface area contributed by atoms with Crippen molar-refractivity contribution < 1.29 is 19.1 Å². The van der Waals surface area contributed by atoms with Crippen LogP contribution in [0.4, 0.5) is 5.69 Å². The van der Waals surface area contributed by atoms with Gasteiger partial charge in [0.05, 0.1) is 22.8 Å². The van der Waals surface area contributed by atoms with Crippen LogP contribution in [0.5, 0.6) is 0 Å². The highest BCUT2D eigenvalue weighted by Crippen LogP contribution is 2.31. The Morgan fingerprint density at radius 1 is 1.06 bits per heavy atom. The first kappa shape index (κ1) is 21.6. The maximum Gasteiger partial charge on any atom is 0.339 e. The van der Waals surface area contributed by atoms with Crippen molar-refractivity contribution in [1.29, 1.82) is 0 Å². The number of carbonyl (C=O) groups excluding carboxylic acids is 3. The van der Waals surface area contributed by atoms with Crippen molar-refractivity contribution in [2.24, 2.45) is 0 Å². The molecule has 0 bridgehead atoms. The van der Waals surface area contributed by atoms with Gasteiger partial charge in [-0.05, 0) is 41.5 Å². The fourth-order valence-electron chi connectivity index (χ4n) is 3.64. The van der Waals surface area contributed by atoms with Crippen molar-refractivity contribution in [2.75, 3.05) is 18.9 Å². The molecular formula is C25H21ClN2O4. The van der Waals surface area contributed by atoms with Crippen LogP contribution in [-0.2, 0) is 16.0 Å². The molecule has 1 aliphatic heterocycles. The summed E-state index contributed by atoms with van der Waals surface area (Å²) in [6, 6.07) is 21.3. The van der Waals surface area contributed by atoms with Gasteiger partial charge in [-0.25, -0.2) is 4.79 Å². The van der Waals surface area contributed by atoms with Crippen LogP contribution in [0.15, 0.2) is 72.8 Å². The predicted molar refractivity (Wildman–Crippen MR) is 122 cm³/mol. The van der Waals surface area contributed by atoms with Gasteiger partial charge in [-0.15, -0.1) is 0 Å². The molecule has 0 radical (unpaired) electrons. The standard InChI is InChI=1S/C25H21ClN2O4/c1-28(15-23(29)27-21-10-6-5-9-20(21)26)24(30)17-11-12-19-18(13-17)14-22(32-25(19)31)16-7-3-2-4-8-16/h2-13,22H,14-15H2,1H3,(H,27,29). The molecule has 0 aliphatic carbocycles. The lowest BCUT2D eigenvalue weighted by Crippen LogP contribution is -2.35. The van der Waals surface area contributed by atoms with Crippen LogP contribution in [0.25, 0.3) is 0 Å². The third kappa shape index (κ3) is 4.65. The minimum Gasteiger partial charge on any atom is -0.454 e. The van der Waals surface area contributed by atoms with E-state index in [2.05, 4.69) is 5.32 Å². The number of anilines is 1. The Hall–Kier alpha value is -3.64. The van der Waals surface area contributed by atoms with Gasteiger partial charge in [0.15, 0.2) is 0 Å². The van der Waals surface area contributed by atoms with Gasteiger partial charge < -0.3 is 15.0 Å². The van der Waals surface area contributed by atoms with E-state index in [1.54, 1.807) is 49.5 Å². The van der Waals surface area contributed by atoms with Crippen molar-refractivity contribution in [1.82, 2.24) is 4.90 Å². The number of carbonyl (C=O) groups is 3. The SMILES string of the molecule is CN(CC(=O)Nc1ccccc1Cl)C(=O)c1ccc2c(c1)CC(c1ccccc1)OC2=O. The molecule has 4 rings (SSSR count). The summed E-state index contributed by atoms with van der Waals surface area (Å²) in [5.74, 6) is -1.09. The Morgan fingerprint density at radius 2 is 1.78 bits per heavy atom. The summed E-state index contributed by atoms with van der Waals surface area (Å²) in [5.41, 5.74) is 2.98. The van der Waals surface area contributed by atoms with Crippen molar-refractivity contribution in [3.05, 3.63) is 100 Å². The maximum absolute atomic E-state index is 12.9. The second-order valence-electron chi connectivity index (χ2n) is 7.57. The molecule has 1 heterocycles. The second kappa shape index (κ2) is 9.24. The number of halogens is 1. The number of nitrogens with zero attached hydrogens (tertiary/aromatic N) is 1. The average molecular weight is 449 g/mol. The maximum atomic E-state index is 12.9. The smallest absolute Gasteiger partial charge is 0.339 e. The zero-order valence-electron chi connectivity index (χ0n) is 17.4. The van der Waals surface area contributed by atoms with Gasteiger partial charge in [0.25, 0.3) is 5.91 Å². The van der Waals surface area contributed by atoms with Gasteiger partial charge in [-0.3, -0.25) is 9.59 Å². The summed E-state index contributed by atoms with van der Waals surface area (Å²) >= 11 is 6.07. The molecule has 7 heteroatoms. The lowest BCUT2D eigenvalue weighted by molar-refractivity contribution is -0.116. The molecule has 3 aromatic carbocycles. The number of hydrogen-bond acceptors (Lipinski definition) is 4. The first-order valence-corrected chi connectivity index (χ1v) is 10.5. The molecule has 0 aromatic heterocycles. The Balaban J connectivity index is 1.47. The van der Waals surface area contributed by atoms with E-state index in [9.17, 15) is 14.4 Å². The average Bonchev–Trinajstić information content (AvgIpc) is 2.80. The first-order chi connectivity index (χ1) is 15.4. The van der Waals surface area contributed by atoms with E-state index in [0.29, 0.717) is 28.3 Å². The fourth-order valence-corrected chi connectivity index (χ4v) is 3.83. The molecule has 32 heavy (non-hydrogen) atoms. The van der Waals surface area contributed by atoms with Crippen molar-refractivity contribution in [3.63, 3.8) is 0 Å². The zero-order valence-corrected chi connectivity index (χ0v) is 18.1. The number of cyclic esters (lactones) is 1. The van der Waals surface area contributed by atoms with E-state index in [1.807, 2.05) is 30.3 Å². The Morgan fingerprint density at radius 3 is 2.53 bits per heavy atom. The largest absolute Gasteiger partial charge is 0.454 e. The van der Waals surface area contributed by atoms with E-state index in [1.165, 1.54) is 4.90 Å². The highest BCUT2D eigenvalue weighted by atomic mass is 35.5. The molecule has 0 saturated carbocycles. The Bertz CT molecular complexity index is 1180.